The lowest BCUT2D eigenvalue weighted by atomic mass is 9.98. The van der Waals surface area contributed by atoms with Crippen molar-refractivity contribution in [3.8, 4) is 11.5 Å². The summed E-state index contributed by atoms with van der Waals surface area (Å²) < 4.78 is 39.1. The van der Waals surface area contributed by atoms with E-state index >= 15 is 0 Å². The van der Waals surface area contributed by atoms with Crippen LogP contribution in [0.1, 0.15) is 42.6 Å². The highest BCUT2D eigenvalue weighted by atomic mass is 32.2. The first-order valence-corrected chi connectivity index (χ1v) is 12.0. The van der Waals surface area contributed by atoms with Gasteiger partial charge in [-0.25, -0.2) is 13.1 Å². The zero-order chi connectivity index (χ0) is 22.4. The molecule has 0 unspecified atom stereocenters. The molecule has 2 aromatic carbocycles. The number of carbonyl (C=O) groups is 1. The van der Waals surface area contributed by atoms with Gasteiger partial charge in [0.25, 0.3) is 5.91 Å². The molecule has 0 radical (unpaired) electrons. The number of likely N-dealkylation sites (tertiary alicyclic amines) is 1. The Labute approximate surface area is 184 Å². The van der Waals surface area contributed by atoms with E-state index in [-0.39, 0.29) is 22.9 Å². The molecule has 0 aromatic heterocycles. The van der Waals surface area contributed by atoms with Crippen LogP contribution in [0.2, 0.25) is 0 Å². The molecule has 168 valence electrons. The van der Waals surface area contributed by atoms with Crippen molar-refractivity contribution in [2.75, 3.05) is 26.8 Å². The number of nitrogens with zero attached hydrogens (tertiary/aromatic N) is 1. The topological polar surface area (TPSA) is 84.9 Å². The molecule has 0 bridgehead atoms. The van der Waals surface area contributed by atoms with Gasteiger partial charge in [0.15, 0.2) is 0 Å². The van der Waals surface area contributed by atoms with Gasteiger partial charge >= 0.3 is 0 Å². The lowest BCUT2D eigenvalue weighted by molar-refractivity contribution is 0.0693. The molecule has 7 nitrogen and oxygen atoms in total. The molecule has 1 heterocycles. The van der Waals surface area contributed by atoms with E-state index in [9.17, 15) is 13.2 Å². The van der Waals surface area contributed by atoms with Crippen LogP contribution in [0.4, 0.5) is 0 Å². The van der Waals surface area contributed by atoms with Crippen molar-refractivity contribution in [1.29, 1.82) is 0 Å². The Morgan fingerprint density at radius 3 is 2.42 bits per heavy atom. The van der Waals surface area contributed by atoms with Crippen molar-refractivity contribution in [1.82, 2.24) is 9.62 Å². The molecule has 1 fully saturated rings. The minimum Gasteiger partial charge on any atom is -0.496 e. The van der Waals surface area contributed by atoms with E-state index in [4.69, 9.17) is 9.47 Å². The maximum absolute atomic E-state index is 13.0. The van der Waals surface area contributed by atoms with Crippen LogP contribution in [0, 0.1) is 5.92 Å². The zero-order valence-electron chi connectivity index (χ0n) is 18.3. The summed E-state index contributed by atoms with van der Waals surface area (Å²) >= 11 is 0. The summed E-state index contributed by atoms with van der Waals surface area (Å²) in [5, 5.41) is 0. The summed E-state index contributed by atoms with van der Waals surface area (Å²) in [6, 6.07) is 11.6. The van der Waals surface area contributed by atoms with E-state index in [1.165, 1.54) is 25.3 Å². The second-order valence-corrected chi connectivity index (χ2v) is 9.51. The van der Waals surface area contributed by atoms with Gasteiger partial charge in [0, 0.05) is 19.6 Å². The third-order valence-electron chi connectivity index (χ3n) is 5.48. The molecule has 0 aliphatic carbocycles. The van der Waals surface area contributed by atoms with Gasteiger partial charge in [-0.15, -0.1) is 0 Å². The Morgan fingerprint density at radius 1 is 1.13 bits per heavy atom. The summed E-state index contributed by atoms with van der Waals surface area (Å²) in [6.45, 7) is 6.11. The van der Waals surface area contributed by atoms with Gasteiger partial charge in [-0.05, 0) is 61.6 Å². The number of hydrogen-bond donors (Lipinski definition) is 1. The van der Waals surface area contributed by atoms with E-state index in [0.29, 0.717) is 31.4 Å². The molecule has 1 aliphatic heterocycles. The molecule has 1 amide bonds. The van der Waals surface area contributed by atoms with Gasteiger partial charge < -0.3 is 14.4 Å². The molecular formula is C23H30N2O5S. The summed E-state index contributed by atoms with van der Waals surface area (Å²) in [4.78, 5) is 14.8. The van der Waals surface area contributed by atoms with Gasteiger partial charge in [0.05, 0.1) is 24.2 Å². The Morgan fingerprint density at radius 2 is 1.81 bits per heavy atom. The summed E-state index contributed by atoms with van der Waals surface area (Å²) in [5.41, 5.74) is 1.07. The van der Waals surface area contributed by atoms with E-state index < -0.39 is 10.0 Å². The molecule has 1 saturated heterocycles. The monoisotopic (exact) mass is 446 g/mol. The Balaban J connectivity index is 1.76. The molecule has 3 rings (SSSR count). The number of benzene rings is 2. The number of carbonyl (C=O) groups excluding carboxylic acids is 1. The zero-order valence-corrected chi connectivity index (χ0v) is 19.1. The quantitative estimate of drug-likeness (QED) is 0.671. The number of piperidine rings is 1. The third-order valence-corrected chi connectivity index (χ3v) is 6.88. The van der Waals surface area contributed by atoms with E-state index in [0.717, 1.165) is 24.2 Å². The maximum Gasteiger partial charge on any atom is 0.257 e. The Hall–Kier alpha value is -2.58. The third kappa shape index (κ3) is 5.77. The second kappa shape index (κ2) is 10.2. The van der Waals surface area contributed by atoms with Crippen LogP contribution in [0.15, 0.2) is 47.4 Å². The number of hydrogen-bond acceptors (Lipinski definition) is 5. The van der Waals surface area contributed by atoms with Crippen molar-refractivity contribution >= 4 is 15.9 Å². The molecule has 2 aromatic rings. The van der Waals surface area contributed by atoms with Crippen molar-refractivity contribution in [2.45, 2.75) is 38.1 Å². The van der Waals surface area contributed by atoms with Gasteiger partial charge in [-0.2, -0.15) is 0 Å². The normalized spacial score (nSPS) is 15.0. The number of rotatable bonds is 8. The molecule has 0 atom stereocenters. The average molecular weight is 447 g/mol. The first kappa shape index (κ1) is 23.1. The fourth-order valence-electron chi connectivity index (χ4n) is 3.54. The highest BCUT2D eigenvalue weighted by Crippen LogP contribution is 2.26. The van der Waals surface area contributed by atoms with Crippen molar-refractivity contribution < 1.29 is 22.7 Å². The van der Waals surface area contributed by atoms with Gasteiger partial charge in [0.1, 0.15) is 11.5 Å². The lowest BCUT2D eigenvalue weighted by Crippen LogP contribution is -2.38. The average Bonchev–Trinajstić information content (AvgIpc) is 2.78. The summed E-state index contributed by atoms with van der Waals surface area (Å²) in [7, 11) is -2.33. The largest absolute Gasteiger partial charge is 0.496 e. The van der Waals surface area contributed by atoms with Crippen molar-refractivity contribution in [2.24, 2.45) is 5.92 Å². The van der Waals surface area contributed by atoms with Crippen LogP contribution in [0.25, 0.3) is 0 Å². The highest BCUT2D eigenvalue weighted by Gasteiger charge is 2.26. The van der Waals surface area contributed by atoms with Gasteiger partial charge in [-0.3, -0.25) is 4.79 Å². The Kier molecular flexibility index (Phi) is 7.56. The first-order chi connectivity index (χ1) is 14.8. The minimum atomic E-state index is -3.81. The van der Waals surface area contributed by atoms with E-state index in [1.54, 1.807) is 17.0 Å². The number of sulfonamides is 1. The van der Waals surface area contributed by atoms with E-state index in [1.807, 2.05) is 19.1 Å². The number of methoxy groups -OCH3 is 1. The number of nitrogens with one attached hydrogen (secondary N) is 1. The van der Waals surface area contributed by atoms with Gasteiger partial charge in [-0.1, -0.05) is 19.1 Å². The molecule has 1 N–H and O–H groups in total. The number of ether oxygens (including phenoxy) is 2. The predicted octanol–water partition coefficient (Wildman–Crippen LogP) is 3.44. The molecule has 0 saturated carbocycles. The molecule has 31 heavy (non-hydrogen) atoms. The highest BCUT2D eigenvalue weighted by molar-refractivity contribution is 7.89. The minimum absolute atomic E-state index is 0.0352. The molecular weight excluding hydrogens is 416 g/mol. The molecule has 1 aliphatic rings. The standard InChI is InChI=1S/C23H30N2O5S/c1-4-30-19-7-5-18(6-8-19)16-24-31(27,28)20-9-10-22(29-3)21(15-20)23(26)25-13-11-17(2)12-14-25/h5-10,15,17,24H,4,11-14,16H2,1-3H3. The Bertz CT molecular complexity index is 997. The molecule has 8 heteroatoms. The second-order valence-electron chi connectivity index (χ2n) is 7.74. The summed E-state index contributed by atoms with van der Waals surface area (Å²) in [6.07, 6.45) is 1.88. The van der Waals surface area contributed by atoms with Crippen LogP contribution >= 0.6 is 0 Å². The fraction of sp³-hybridized carbons (Fsp3) is 0.435. The maximum atomic E-state index is 13.0. The smallest absolute Gasteiger partial charge is 0.257 e. The van der Waals surface area contributed by atoms with Crippen LogP contribution < -0.4 is 14.2 Å². The molecule has 0 spiro atoms. The first-order valence-electron chi connectivity index (χ1n) is 10.5. The van der Waals surface area contributed by atoms with Crippen molar-refractivity contribution in [3.63, 3.8) is 0 Å². The number of amides is 1. The lowest BCUT2D eigenvalue weighted by Gasteiger charge is -2.30. The van der Waals surface area contributed by atoms with E-state index in [2.05, 4.69) is 11.6 Å². The van der Waals surface area contributed by atoms with Crippen LogP contribution in [-0.4, -0.2) is 46.0 Å². The predicted molar refractivity (Wildman–Crippen MR) is 119 cm³/mol. The summed E-state index contributed by atoms with van der Waals surface area (Å²) in [5.74, 6) is 1.49. The van der Waals surface area contributed by atoms with Crippen LogP contribution in [0.5, 0.6) is 11.5 Å². The van der Waals surface area contributed by atoms with Crippen LogP contribution in [0.3, 0.4) is 0 Å². The SMILES string of the molecule is CCOc1ccc(CNS(=O)(=O)c2ccc(OC)c(C(=O)N3CCC(C)CC3)c2)cc1. The van der Waals surface area contributed by atoms with Gasteiger partial charge in [0.2, 0.25) is 10.0 Å². The fourth-order valence-corrected chi connectivity index (χ4v) is 4.58. The van der Waals surface area contributed by atoms with Crippen LogP contribution in [-0.2, 0) is 16.6 Å². The van der Waals surface area contributed by atoms with Crippen molar-refractivity contribution in [3.05, 3.63) is 53.6 Å².